The molecule has 0 amide bonds. The maximum atomic E-state index is 11.8. The van der Waals surface area contributed by atoms with Gasteiger partial charge in [0.1, 0.15) is 0 Å². The molecule has 0 aromatic heterocycles. The molecule has 0 spiro atoms. The van der Waals surface area contributed by atoms with Gasteiger partial charge in [0, 0.05) is 12.1 Å². The first-order chi connectivity index (χ1) is 10.1. The van der Waals surface area contributed by atoms with E-state index in [0.29, 0.717) is 6.61 Å². The average Bonchev–Trinajstić information content (AvgIpc) is 2.46. The van der Waals surface area contributed by atoms with Gasteiger partial charge >= 0.3 is 5.97 Å². The normalized spacial score (nSPS) is 10.4. The number of ether oxygens (including phenoxy) is 1. The molecule has 1 aromatic rings. The molecule has 0 aliphatic rings. The largest absolute Gasteiger partial charge is 0.462 e. The summed E-state index contributed by atoms with van der Waals surface area (Å²) in [5.41, 5.74) is -0.136. The van der Waals surface area contributed by atoms with Gasteiger partial charge in [-0.05, 0) is 12.5 Å². The van der Waals surface area contributed by atoms with Gasteiger partial charge in [-0.15, -0.1) is 0 Å². The lowest BCUT2D eigenvalue weighted by Crippen LogP contribution is -2.07. The molecule has 0 saturated heterocycles. The van der Waals surface area contributed by atoms with Crippen LogP contribution >= 0.6 is 11.6 Å². The van der Waals surface area contributed by atoms with Crippen molar-refractivity contribution in [1.82, 2.24) is 0 Å². The van der Waals surface area contributed by atoms with Crippen molar-refractivity contribution in [2.45, 2.75) is 45.4 Å². The van der Waals surface area contributed by atoms with E-state index in [0.717, 1.165) is 25.3 Å². The summed E-state index contributed by atoms with van der Waals surface area (Å²) in [6.07, 6.45) is 6.55. The first-order valence-electron chi connectivity index (χ1n) is 7.17. The van der Waals surface area contributed by atoms with Crippen LogP contribution in [-0.2, 0) is 4.74 Å². The minimum atomic E-state index is -0.614. The molecule has 1 rings (SSSR count). The molecule has 0 aliphatic heterocycles. The zero-order valence-corrected chi connectivity index (χ0v) is 12.9. The van der Waals surface area contributed by atoms with Gasteiger partial charge in [0.15, 0.2) is 0 Å². The predicted octanol–water partition coefficient (Wildman–Crippen LogP) is 4.77. The van der Waals surface area contributed by atoms with Gasteiger partial charge in [0.05, 0.1) is 22.1 Å². The summed E-state index contributed by atoms with van der Waals surface area (Å²) in [6.45, 7) is 2.47. The Labute approximate surface area is 129 Å². The van der Waals surface area contributed by atoms with Crippen molar-refractivity contribution in [3.05, 3.63) is 38.9 Å². The predicted molar refractivity (Wildman–Crippen MR) is 81.8 cm³/mol. The lowest BCUT2D eigenvalue weighted by molar-refractivity contribution is -0.384. The van der Waals surface area contributed by atoms with Crippen molar-refractivity contribution in [1.29, 1.82) is 0 Å². The van der Waals surface area contributed by atoms with Crippen LogP contribution in [0.4, 0.5) is 5.69 Å². The molecular weight excluding hydrogens is 294 g/mol. The second kappa shape index (κ2) is 9.34. The van der Waals surface area contributed by atoms with Crippen LogP contribution in [0.15, 0.2) is 18.2 Å². The number of nitro groups is 1. The molecule has 0 bridgehead atoms. The minimum Gasteiger partial charge on any atom is -0.462 e. The Hall–Kier alpha value is -1.62. The van der Waals surface area contributed by atoms with E-state index in [1.54, 1.807) is 0 Å². The van der Waals surface area contributed by atoms with Gasteiger partial charge in [0.25, 0.3) is 5.69 Å². The maximum Gasteiger partial charge on any atom is 0.339 e. The Kier molecular flexibility index (Phi) is 7.75. The van der Waals surface area contributed by atoms with E-state index < -0.39 is 10.9 Å². The van der Waals surface area contributed by atoms with Crippen LogP contribution in [0, 0.1) is 10.1 Å². The molecule has 0 atom stereocenters. The fourth-order valence-electron chi connectivity index (χ4n) is 1.91. The van der Waals surface area contributed by atoms with E-state index in [4.69, 9.17) is 16.3 Å². The smallest absolute Gasteiger partial charge is 0.339 e. The number of carbonyl (C=O) groups excluding carboxylic acids is 1. The number of esters is 1. The van der Waals surface area contributed by atoms with Crippen LogP contribution < -0.4 is 0 Å². The summed E-state index contributed by atoms with van der Waals surface area (Å²) in [5, 5.41) is 10.8. The zero-order chi connectivity index (χ0) is 15.7. The number of rotatable bonds is 9. The van der Waals surface area contributed by atoms with E-state index in [1.165, 1.54) is 31.4 Å². The van der Waals surface area contributed by atoms with Crippen molar-refractivity contribution in [2.24, 2.45) is 0 Å². The minimum absolute atomic E-state index is 0.0387. The van der Waals surface area contributed by atoms with Gasteiger partial charge in [0.2, 0.25) is 0 Å². The molecular formula is C15H20ClNO4. The number of unbranched alkanes of at least 4 members (excludes halogenated alkanes) is 5. The maximum absolute atomic E-state index is 11.8. The molecule has 0 radical (unpaired) electrons. The summed E-state index contributed by atoms with van der Waals surface area (Å²) < 4.78 is 5.10. The lowest BCUT2D eigenvalue weighted by atomic mass is 10.1. The highest BCUT2D eigenvalue weighted by atomic mass is 35.5. The summed E-state index contributed by atoms with van der Waals surface area (Å²) in [4.78, 5) is 22.0. The van der Waals surface area contributed by atoms with Crippen LogP contribution in [0.1, 0.15) is 55.8 Å². The van der Waals surface area contributed by atoms with Crippen LogP contribution in [0.25, 0.3) is 0 Å². The molecule has 21 heavy (non-hydrogen) atoms. The van der Waals surface area contributed by atoms with Crippen LogP contribution in [0.2, 0.25) is 5.02 Å². The van der Waals surface area contributed by atoms with Crippen LogP contribution in [-0.4, -0.2) is 17.5 Å². The van der Waals surface area contributed by atoms with Gasteiger partial charge in [-0.25, -0.2) is 4.79 Å². The Morgan fingerprint density at radius 3 is 2.57 bits per heavy atom. The van der Waals surface area contributed by atoms with E-state index in [2.05, 4.69) is 6.92 Å². The van der Waals surface area contributed by atoms with Crippen molar-refractivity contribution in [3.8, 4) is 0 Å². The van der Waals surface area contributed by atoms with Gasteiger partial charge in [-0.2, -0.15) is 0 Å². The standard InChI is InChI=1S/C15H20ClNO4/c1-2-3-4-5-6-7-10-21-15(18)13-11-12(17(19)20)8-9-14(13)16/h8-9,11H,2-7,10H2,1H3. The van der Waals surface area contributed by atoms with Crippen molar-refractivity contribution in [2.75, 3.05) is 6.61 Å². The highest BCUT2D eigenvalue weighted by Crippen LogP contribution is 2.22. The van der Waals surface area contributed by atoms with E-state index in [1.807, 2.05) is 0 Å². The number of benzene rings is 1. The fraction of sp³-hybridized carbons (Fsp3) is 0.533. The number of carbonyl (C=O) groups is 1. The van der Waals surface area contributed by atoms with Crippen LogP contribution in [0.5, 0.6) is 0 Å². The highest BCUT2D eigenvalue weighted by molar-refractivity contribution is 6.33. The van der Waals surface area contributed by atoms with Crippen molar-refractivity contribution < 1.29 is 14.5 Å². The summed E-state index contributed by atoms with van der Waals surface area (Å²) in [5.74, 6) is -0.614. The first-order valence-corrected chi connectivity index (χ1v) is 7.55. The number of halogens is 1. The molecule has 0 fully saturated rings. The Morgan fingerprint density at radius 1 is 1.24 bits per heavy atom. The molecule has 0 N–H and O–H groups in total. The average molecular weight is 314 g/mol. The second-order valence-electron chi connectivity index (χ2n) is 4.82. The molecule has 116 valence electrons. The van der Waals surface area contributed by atoms with Gasteiger partial charge in [-0.1, -0.05) is 50.6 Å². The second-order valence-corrected chi connectivity index (χ2v) is 5.23. The third-order valence-electron chi connectivity index (χ3n) is 3.11. The Bertz CT molecular complexity index is 491. The third kappa shape index (κ3) is 6.12. The quantitative estimate of drug-likeness (QED) is 0.285. The number of hydrogen-bond acceptors (Lipinski definition) is 4. The topological polar surface area (TPSA) is 69.4 Å². The molecule has 0 aliphatic carbocycles. The summed E-state index contributed by atoms with van der Waals surface area (Å²) in [6, 6.07) is 3.74. The summed E-state index contributed by atoms with van der Waals surface area (Å²) in [7, 11) is 0. The summed E-state index contributed by atoms with van der Waals surface area (Å²) >= 11 is 5.87. The number of non-ortho nitro benzene ring substituents is 1. The van der Waals surface area contributed by atoms with Crippen molar-refractivity contribution >= 4 is 23.3 Å². The highest BCUT2D eigenvalue weighted by Gasteiger charge is 2.16. The molecule has 0 saturated carbocycles. The van der Waals surface area contributed by atoms with E-state index in [9.17, 15) is 14.9 Å². The molecule has 1 aromatic carbocycles. The molecule has 0 unspecified atom stereocenters. The monoisotopic (exact) mass is 313 g/mol. The molecule has 5 nitrogen and oxygen atoms in total. The first kappa shape index (κ1) is 17.4. The van der Waals surface area contributed by atoms with Gasteiger partial charge < -0.3 is 4.74 Å². The number of nitrogens with zero attached hydrogens (tertiary/aromatic N) is 1. The van der Waals surface area contributed by atoms with Crippen LogP contribution in [0.3, 0.4) is 0 Å². The third-order valence-corrected chi connectivity index (χ3v) is 3.44. The zero-order valence-electron chi connectivity index (χ0n) is 12.1. The lowest BCUT2D eigenvalue weighted by Gasteiger charge is -2.06. The number of nitro benzene ring substituents is 1. The van der Waals surface area contributed by atoms with E-state index in [-0.39, 0.29) is 16.3 Å². The SMILES string of the molecule is CCCCCCCCOC(=O)c1cc([N+](=O)[O-])ccc1Cl. The van der Waals surface area contributed by atoms with Gasteiger partial charge in [-0.3, -0.25) is 10.1 Å². The van der Waals surface area contributed by atoms with Crippen molar-refractivity contribution in [3.63, 3.8) is 0 Å². The number of hydrogen-bond donors (Lipinski definition) is 0. The Morgan fingerprint density at radius 2 is 1.90 bits per heavy atom. The molecule has 0 heterocycles. The van der Waals surface area contributed by atoms with E-state index >= 15 is 0 Å². The molecule has 6 heteroatoms. The fourth-order valence-corrected chi connectivity index (χ4v) is 2.10. The Balaban J connectivity index is 2.41.